The number of fused-ring (bicyclic) bond motifs is 1. The van der Waals surface area contributed by atoms with Gasteiger partial charge >= 0.3 is 0 Å². The number of guanidine groups is 1. The Bertz CT molecular complexity index is 1470. The minimum atomic E-state index is 0.250. The van der Waals surface area contributed by atoms with Crippen LogP contribution in [-0.2, 0) is 20.1 Å². The number of rotatable bonds is 6. The predicted molar refractivity (Wildman–Crippen MR) is 149 cm³/mol. The summed E-state index contributed by atoms with van der Waals surface area (Å²) < 4.78 is 1.82. The van der Waals surface area contributed by atoms with Crippen molar-refractivity contribution in [3.05, 3.63) is 81.4 Å². The Balaban J connectivity index is 1.82. The van der Waals surface area contributed by atoms with Crippen LogP contribution >= 0.6 is 23.2 Å². The molecule has 0 bridgehead atoms. The zero-order valence-corrected chi connectivity index (χ0v) is 23.0. The monoisotopic (exact) mass is 534 g/mol. The molecule has 0 aliphatic heterocycles. The zero-order valence-electron chi connectivity index (χ0n) is 21.4. The topological polar surface area (TPSA) is 86.2 Å². The molecular formula is C27H28Cl2N8. The fourth-order valence-electron chi connectivity index (χ4n) is 4.43. The molecule has 0 unspecified atom stereocenters. The van der Waals surface area contributed by atoms with Gasteiger partial charge in [-0.25, -0.2) is 9.97 Å². The number of aromatic nitrogens is 4. The van der Waals surface area contributed by atoms with Crippen molar-refractivity contribution >= 4 is 45.9 Å². The van der Waals surface area contributed by atoms with E-state index >= 15 is 0 Å². The highest BCUT2D eigenvalue weighted by Gasteiger charge is 2.22. The number of hydrogen-bond donors (Lipinski definition) is 0. The molecule has 0 N–H and O–H groups in total. The summed E-state index contributed by atoms with van der Waals surface area (Å²) in [5.74, 6) is 0.713. The van der Waals surface area contributed by atoms with Crippen molar-refractivity contribution in [2.75, 3.05) is 11.9 Å². The van der Waals surface area contributed by atoms with Crippen LogP contribution in [-0.4, -0.2) is 37.7 Å². The molecule has 0 atom stereocenters. The summed E-state index contributed by atoms with van der Waals surface area (Å²) >= 11 is 12.4. The van der Waals surface area contributed by atoms with Crippen LogP contribution in [0.2, 0.25) is 10.3 Å². The first-order chi connectivity index (χ1) is 17.7. The van der Waals surface area contributed by atoms with Crippen molar-refractivity contribution in [1.82, 2.24) is 24.6 Å². The van der Waals surface area contributed by atoms with Gasteiger partial charge in [-0.1, -0.05) is 67.4 Å². The lowest BCUT2D eigenvalue weighted by molar-refractivity contribution is 0.394. The standard InChI is InChI=1S/C27H28Cl2N8/c1-17(2)22-11-20(32-26-25(22)18(3)34-36(26)5)15-37(14-19-9-7-6-8-10-19)27(31-16-30)35(4)21-12-23(28)33-24(29)13-21/h6-13,17H,14-15H2,1-5H3/b31-27+. The lowest BCUT2D eigenvalue weighted by Crippen LogP contribution is -2.42. The molecule has 1 aromatic carbocycles. The van der Waals surface area contributed by atoms with Crippen molar-refractivity contribution in [3.8, 4) is 6.19 Å². The molecule has 8 nitrogen and oxygen atoms in total. The van der Waals surface area contributed by atoms with E-state index in [9.17, 15) is 5.26 Å². The summed E-state index contributed by atoms with van der Waals surface area (Å²) in [4.78, 5) is 17.0. The Morgan fingerprint density at radius 3 is 2.38 bits per heavy atom. The average Bonchev–Trinajstić information content (AvgIpc) is 3.14. The smallest absolute Gasteiger partial charge is 0.217 e. The molecule has 3 aromatic heterocycles. The van der Waals surface area contributed by atoms with E-state index in [0.29, 0.717) is 24.7 Å². The van der Waals surface area contributed by atoms with E-state index in [2.05, 4.69) is 35.0 Å². The molecule has 3 heterocycles. The Morgan fingerprint density at radius 2 is 1.76 bits per heavy atom. The highest BCUT2D eigenvalue weighted by atomic mass is 35.5. The van der Waals surface area contributed by atoms with Crippen LogP contribution < -0.4 is 4.90 Å². The second kappa shape index (κ2) is 11.2. The normalized spacial score (nSPS) is 11.7. The first kappa shape index (κ1) is 26.4. The summed E-state index contributed by atoms with van der Waals surface area (Å²) in [7, 11) is 3.72. The zero-order chi connectivity index (χ0) is 26.7. The third-order valence-corrected chi connectivity index (χ3v) is 6.50. The third kappa shape index (κ3) is 5.85. The first-order valence-electron chi connectivity index (χ1n) is 11.8. The fraction of sp³-hybridized carbons (Fsp3) is 0.296. The minimum absolute atomic E-state index is 0.250. The van der Waals surface area contributed by atoms with E-state index in [1.807, 2.05) is 67.1 Å². The number of pyridine rings is 2. The van der Waals surface area contributed by atoms with E-state index in [-0.39, 0.29) is 16.2 Å². The molecule has 0 radical (unpaired) electrons. The van der Waals surface area contributed by atoms with Crippen molar-refractivity contribution in [2.45, 2.75) is 39.8 Å². The molecule has 10 heteroatoms. The lowest BCUT2D eigenvalue weighted by atomic mass is 9.98. The quantitative estimate of drug-likeness (QED) is 0.129. The lowest BCUT2D eigenvalue weighted by Gasteiger charge is -2.31. The molecular weight excluding hydrogens is 507 g/mol. The second-order valence-corrected chi connectivity index (χ2v) is 9.92. The van der Waals surface area contributed by atoms with Gasteiger partial charge in [0.2, 0.25) is 12.2 Å². The molecule has 0 spiro atoms. The van der Waals surface area contributed by atoms with Gasteiger partial charge in [0.1, 0.15) is 10.3 Å². The van der Waals surface area contributed by atoms with Gasteiger partial charge in [0.25, 0.3) is 0 Å². The van der Waals surface area contributed by atoms with Gasteiger partial charge in [0.05, 0.1) is 17.9 Å². The van der Waals surface area contributed by atoms with Crippen molar-refractivity contribution in [1.29, 1.82) is 5.26 Å². The Morgan fingerprint density at radius 1 is 1.08 bits per heavy atom. The number of aryl methyl sites for hydroxylation is 2. The highest BCUT2D eigenvalue weighted by Crippen LogP contribution is 2.29. The van der Waals surface area contributed by atoms with Gasteiger partial charge < -0.3 is 9.80 Å². The van der Waals surface area contributed by atoms with E-state index in [1.54, 1.807) is 17.0 Å². The molecule has 0 aliphatic carbocycles. The molecule has 0 aliphatic rings. The van der Waals surface area contributed by atoms with Gasteiger partial charge in [-0.15, -0.1) is 4.99 Å². The van der Waals surface area contributed by atoms with E-state index in [4.69, 9.17) is 28.2 Å². The van der Waals surface area contributed by atoms with Crippen LogP contribution in [0.15, 0.2) is 53.5 Å². The molecule has 4 rings (SSSR count). The molecule has 4 aromatic rings. The highest BCUT2D eigenvalue weighted by molar-refractivity contribution is 6.33. The van der Waals surface area contributed by atoms with Crippen LogP contribution in [0.25, 0.3) is 11.0 Å². The number of aliphatic imine (C=N–C) groups is 1. The predicted octanol–water partition coefficient (Wildman–Crippen LogP) is 6.08. The molecule has 37 heavy (non-hydrogen) atoms. The SMILES string of the molecule is Cc1nn(C)c2nc(CN(Cc3ccccc3)/C(=N/C#N)N(C)c3cc(Cl)nc(Cl)c3)cc(C(C)C)c12. The molecule has 0 amide bonds. The van der Waals surface area contributed by atoms with Crippen LogP contribution in [0.3, 0.4) is 0 Å². The fourth-order valence-corrected chi connectivity index (χ4v) is 4.88. The summed E-state index contributed by atoms with van der Waals surface area (Å²) in [6.07, 6.45) is 1.96. The summed E-state index contributed by atoms with van der Waals surface area (Å²) in [6, 6.07) is 15.5. The summed E-state index contributed by atoms with van der Waals surface area (Å²) in [5.41, 5.74) is 5.54. The van der Waals surface area contributed by atoms with E-state index in [0.717, 1.165) is 28.0 Å². The molecule has 190 valence electrons. The van der Waals surface area contributed by atoms with Crippen LogP contribution in [0, 0.1) is 18.4 Å². The summed E-state index contributed by atoms with van der Waals surface area (Å²) in [5, 5.41) is 15.8. The van der Waals surface area contributed by atoms with Crippen molar-refractivity contribution < 1.29 is 0 Å². The first-order valence-corrected chi connectivity index (χ1v) is 12.6. The number of nitrogens with zero attached hydrogens (tertiary/aromatic N) is 8. The number of hydrogen-bond acceptors (Lipinski definition) is 5. The molecule has 0 fully saturated rings. The Labute approximate surface area is 226 Å². The summed E-state index contributed by atoms with van der Waals surface area (Å²) in [6.45, 7) is 7.25. The van der Waals surface area contributed by atoms with Crippen LogP contribution in [0.1, 0.15) is 42.3 Å². The van der Waals surface area contributed by atoms with Gasteiger partial charge in [0.15, 0.2) is 5.65 Å². The third-order valence-electron chi connectivity index (χ3n) is 6.11. The van der Waals surface area contributed by atoms with Crippen molar-refractivity contribution in [3.63, 3.8) is 0 Å². The van der Waals surface area contributed by atoms with Crippen LogP contribution in [0.5, 0.6) is 0 Å². The van der Waals surface area contributed by atoms with Gasteiger partial charge in [-0.05, 0) is 42.2 Å². The average molecular weight is 535 g/mol. The number of benzene rings is 1. The Kier molecular flexibility index (Phi) is 7.96. The van der Waals surface area contributed by atoms with E-state index < -0.39 is 0 Å². The number of anilines is 1. The molecule has 0 saturated heterocycles. The van der Waals surface area contributed by atoms with E-state index in [1.165, 1.54) is 5.56 Å². The maximum absolute atomic E-state index is 9.64. The van der Waals surface area contributed by atoms with Crippen molar-refractivity contribution in [2.24, 2.45) is 12.0 Å². The minimum Gasteiger partial charge on any atom is -0.331 e. The number of nitriles is 1. The Hall–Kier alpha value is -3.67. The van der Waals surface area contributed by atoms with Gasteiger partial charge in [-0.2, -0.15) is 10.4 Å². The number of halogens is 2. The maximum atomic E-state index is 9.64. The molecule has 0 saturated carbocycles. The van der Waals surface area contributed by atoms with Gasteiger partial charge in [-0.3, -0.25) is 4.68 Å². The largest absolute Gasteiger partial charge is 0.331 e. The van der Waals surface area contributed by atoms with Crippen LogP contribution in [0.4, 0.5) is 5.69 Å². The van der Waals surface area contributed by atoms with Gasteiger partial charge in [0, 0.05) is 31.7 Å². The second-order valence-electron chi connectivity index (χ2n) is 9.15. The maximum Gasteiger partial charge on any atom is 0.217 e.